The van der Waals surface area contributed by atoms with Crippen LogP contribution >= 0.6 is 0 Å². The number of nitrogens with two attached hydrogens (primary N) is 1. The van der Waals surface area contributed by atoms with E-state index in [1.54, 1.807) is 19.5 Å². The fraction of sp³-hybridized carbons (Fsp3) is 0.444. The average Bonchev–Trinajstić information content (AvgIpc) is 2.09. The third kappa shape index (κ3) is 2.51. The Hall–Kier alpha value is -1.09. The van der Waals surface area contributed by atoms with Crippen LogP contribution in [0.1, 0.15) is 12.0 Å². The lowest BCUT2D eigenvalue weighted by Gasteiger charge is -2.03. The molecule has 0 atom stereocenters. The average molecular weight is 166 g/mol. The Morgan fingerprint density at radius 3 is 3.08 bits per heavy atom. The lowest BCUT2D eigenvalue weighted by atomic mass is 10.1. The number of aromatic nitrogens is 1. The fourth-order valence-corrected chi connectivity index (χ4v) is 1.07. The highest BCUT2D eigenvalue weighted by Gasteiger charge is 1.96. The molecule has 0 unspecified atom stereocenters. The summed E-state index contributed by atoms with van der Waals surface area (Å²) in [5.41, 5.74) is 7.63. The van der Waals surface area contributed by atoms with Crippen molar-refractivity contribution in [3.63, 3.8) is 0 Å². The summed E-state index contributed by atoms with van der Waals surface area (Å²) in [5, 5.41) is 0. The molecule has 0 amide bonds. The van der Waals surface area contributed by atoms with Gasteiger partial charge in [0, 0.05) is 19.9 Å². The molecular weight excluding hydrogens is 152 g/mol. The quantitative estimate of drug-likeness (QED) is 0.685. The van der Waals surface area contributed by atoms with Gasteiger partial charge < -0.3 is 10.5 Å². The van der Waals surface area contributed by atoms with E-state index in [2.05, 4.69) is 4.98 Å². The minimum Gasteiger partial charge on any atom is -0.397 e. The zero-order valence-electron chi connectivity index (χ0n) is 7.29. The number of hydrogen-bond donors (Lipinski definition) is 1. The molecule has 0 saturated carbocycles. The third-order valence-corrected chi connectivity index (χ3v) is 1.74. The van der Waals surface area contributed by atoms with Crippen LogP contribution in [-0.4, -0.2) is 18.7 Å². The molecule has 1 heterocycles. The molecule has 0 radical (unpaired) electrons. The van der Waals surface area contributed by atoms with Crippen LogP contribution in [0.25, 0.3) is 0 Å². The molecule has 3 nitrogen and oxygen atoms in total. The molecule has 1 aromatic rings. The molecule has 1 aromatic heterocycles. The van der Waals surface area contributed by atoms with Crippen LogP contribution in [-0.2, 0) is 11.2 Å². The number of aryl methyl sites for hydroxylation is 1. The van der Waals surface area contributed by atoms with Crippen LogP contribution in [0.15, 0.2) is 18.5 Å². The van der Waals surface area contributed by atoms with E-state index in [0.717, 1.165) is 30.7 Å². The maximum absolute atomic E-state index is 5.70. The second-order valence-corrected chi connectivity index (χ2v) is 2.67. The monoisotopic (exact) mass is 166 g/mol. The Kier molecular flexibility index (Phi) is 3.54. The molecule has 66 valence electrons. The highest BCUT2D eigenvalue weighted by atomic mass is 16.5. The largest absolute Gasteiger partial charge is 0.397 e. The summed E-state index contributed by atoms with van der Waals surface area (Å²) in [6.07, 6.45) is 5.41. The first-order chi connectivity index (χ1) is 5.84. The van der Waals surface area contributed by atoms with E-state index in [0.29, 0.717) is 0 Å². The summed E-state index contributed by atoms with van der Waals surface area (Å²) in [4.78, 5) is 3.92. The number of hydrogen-bond acceptors (Lipinski definition) is 3. The molecule has 0 bridgehead atoms. The van der Waals surface area contributed by atoms with Gasteiger partial charge in [0.15, 0.2) is 0 Å². The zero-order chi connectivity index (χ0) is 8.81. The van der Waals surface area contributed by atoms with Crippen molar-refractivity contribution in [3.8, 4) is 0 Å². The van der Waals surface area contributed by atoms with Gasteiger partial charge in [0.1, 0.15) is 0 Å². The van der Waals surface area contributed by atoms with E-state index in [1.165, 1.54) is 0 Å². The van der Waals surface area contributed by atoms with Gasteiger partial charge in [-0.25, -0.2) is 0 Å². The second kappa shape index (κ2) is 4.72. The van der Waals surface area contributed by atoms with Crippen LogP contribution in [0.5, 0.6) is 0 Å². The van der Waals surface area contributed by atoms with Gasteiger partial charge in [-0.05, 0) is 24.5 Å². The molecule has 0 fully saturated rings. The lowest BCUT2D eigenvalue weighted by Crippen LogP contribution is -1.97. The first-order valence-electron chi connectivity index (χ1n) is 4.02. The fourth-order valence-electron chi connectivity index (χ4n) is 1.07. The van der Waals surface area contributed by atoms with E-state index in [4.69, 9.17) is 10.5 Å². The van der Waals surface area contributed by atoms with Crippen LogP contribution in [0, 0.1) is 0 Å². The van der Waals surface area contributed by atoms with Gasteiger partial charge in [0.05, 0.1) is 11.9 Å². The number of anilines is 1. The topological polar surface area (TPSA) is 48.1 Å². The van der Waals surface area contributed by atoms with E-state index >= 15 is 0 Å². The molecule has 0 aromatic carbocycles. The van der Waals surface area contributed by atoms with Crippen LogP contribution in [0.2, 0.25) is 0 Å². The number of ether oxygens (including phenoxy) is 1. The van der Waals surface area contributed by atoms with E-state index in [1.807, 2.05) is 6.07 Å². The normalized spacial score (nSPS) is 10.1. The highest BCUT2D eigenvalue weighted by molar-refractivity contribution is 5.43. The van der Waals surface area contributed by atoms with Crippen LogP contribution in [0.3, 0.4) is 0 Å². The molecule has 0 aliphatic carbocycles. The molecule has 0 aliphatic heterocycles. The second-order valence-electron chi connectivity index (χ2n) is 2.67. The van der Waals surface area contributed by atoms with Gasteiger partial charge in [0.25, 0.3) is 0 Å². The Labute approximate surface area is 72.6 Å². The Balaban J connectivity index is 2.46. The summed E-state index contributed by atoms with van der Waals surface area (Å²) < 4.78 is 4.95. The van der Waals surface area contributed by atoms with Gasteiger partial charge >= 0.3 is 0 Å². The minimum atomic E-state index is 0.772. The lowest BCUT2D eigenvalue weighted by molar-refractivity contribution is 0.195. The number of nitrogens with zero attached hydrogens (tertiary/aromatic N) is 1. The molecule has 0 spiro atoms. The molecule has 0 aliphatic rings. The summed E-state index contributed by atoms with van der Waals surface area (Å²) >= 11 is 0. The summed E-state index contributed by atoms with van der Waals surface area (Å²) in [6, 6.07) is 1.95. The maximum atomic E-state index is 5.70. The van der Waals surface area contributed by atoms with Gasteiger partial charge in [-0.2, -0.15) is 0 Å². The minimum absolute atomic E-state index is 0.772. The van der Waals surface area contributed by atoms with Gasteiger partial charge in [0.2, 0.25) is 0 Å². The number of methoxy groups -OCH3 is 1. The van der Waals surface area contributed by atoms with Crippen molar-refractivity contribution < 1.29 is 4.74 Å². The number of nitrogen functional groups attached to an aromatic ring is 1. The standard InChI is InChI=1S/C9H14N2O/c1-12-6-2-3-8-4-5-11-7-9(8)10/h4-5,7H,2-3,6,10H2,1H3. The SMILES string of the molecule is COCCCc1ccncc1N. The van der Waals surface area contributed by atoms with E-state index in [9.17, 15) is 0 Å². The van der Waals surface area contributed by atoms with E-state index in [-0.39, 0.29) is 0 Å². The Morgan fingerprint density at radius 2 is 2.42 bits per heavy atom. The smallest absolute Gasteiger partial charge is 0.0533 e. The predicted octanol–water partition coefficient (Wildman–Crippen LogP) is 1.24. The summed E-state index contributed by atoms with van der Waals surface area (Å²) in [7, 11) is 1.70. The molecule has 0 saturated heterocycles. The van der Waals surface area contributed by atoms with Crippen molar-refractivity contribution in [1.29, 1.82) is 0 Å². The molecule has 1 rings (SSSR count). The third-order valence-electron chi connectivity index (χ3n) is 1.74. The molecule has 2 N–H and O–H groups in total. The first-order valence-corrected chi connectivity index (χ1v) is 4.02. The van der Waals surface area contributed by atoms with Crippen molar-refractivity contribution >= 4 is 5.69 Å². The Morgan fingerprint density at radius 1 is 1.58 bits per heavy atom. The number of rotatable bonds is 4. The van der Waals surface area contributed by atoms with Crippen molar-refractivity contribution in [2.75, 3.05) is 19.5 Å². The van der Waals surface area contributed by atoms with Crippen molar-refractivity contribution in [2.45, 2.75) is 12.8 Å². The van der Waals surface area contributed by atoms with Crippen molar-refractivity contribution in [1.82, 2.24) is 4.98 Å². The summed E-state index contributed by atoms with van der Waals surface area (Å²) in [6.45, 7) is 0.780. The Bertz CT molecular complexity index is 238. The first kappa shape index (κ1) is 9.00. The van der Waals surface area contributed by atoms with Crippen molar-refractivity contribution in [2.24, 2.45) is 0 Å². The van der Waals surface area contributed by atoms with Crippen LogP contribution < -0.4 is 5.73 Å². The zero-order valence-corrected chi connectivity index (χ0v) is 7.29. The van der Waals surface area contributed by atoms with Crippen LogP contribution in [0.4, 0.5) is 5.69 Å². The van der Waals surface area contributed by atoms with E-state index < -0.39 is 0 Å². The number of pyridine rings is 1. The maximum Gasteiger partial charge on any atom is 0.0533 e. The predicted molar refractivity (Wildman–Crippen MR) is 48.8 cm³/mol. The van der Waals surface area contributed by atoms with Crippen molar-refractivity contribution in [3.05, 3.63) is 24.0 Å². The summed E-state index contributed by atoms with van der Waals surface area (Å²) in [5.74, 6) is 0. The molecule has 12 heavy (non-hydrogen) atoms. The van der Waals surface area contributed by atoms with Gasteiger partial charge in [-0.3, -0.25) is 4.98 Å². The van der Waals surface area contributed by atoms with Gasteiger partial charge in [-0.15, -0.1) is 0 Å². The van der Waals surface area contributed by atoms with Gasteiger partial charge in [-0.1, -0.05) is 0 Å². The molecule has 3 heteroatoms. The highest BCUT2D eigenvalue weighted by Crippen LogP contribution is 2.10. The molecular formula is C9H14N2O.